The van der Waals surface area contributed by atoms with Crippen molar-refractivity contribution < 1.29 is 13.2 Å². The van der Waals surface area contributed by atoms with Crippen LogP contribution in [0.5, 0.6) is 0 Å². The molecule has 0 aliphatic rings. The summed E-state index contributed by atoms with van der Waals surface area (Å²) >= 11 is 0. The van der Waals surface area contributed by atoms with E-state index in [0.29, 0.717) is 11.3 Å². The van der Waals surface area contributed by atoms with E-state index < -0.39 is 11.9 Å². The Balaban J connectivity index is 2.39. The number of hydrogen-bond acceptors (Lipinski definition) is 2. The molecule has 0 amide bonds. The second-order valence-electron chi connectivity index (χ2n) is 4.65. The first-order valence-electron chi connectivity index (χ1n) is 5.97. The molecule has 2 rings (SSSR count). The molecular weight excluding hydrogens is 269 g/mol. The van der Waals surface area contributed by atoms with E-state index in [9.17, 15) is 18.0 Å². The van der Waals surface area contributed by atoms with E-state index in [0.717, 1.165) is 17.8 Å². The summed E-state index contributed by atoms with van der Waals surface area (Å²) in [7, 11) is 0. The smallest absolute Gasteiger partial charge is 0.309 e. The fourth-order valence-electron chi connectivity index (χ4n) is 2.01. The molecule has 0 N–H and O–H groups in total. The van der Waals surface area contributed by atoms with Gasteiger partial charge in [0.2, 0.25) is 0 Å². The molecule has 0 spiro atoms. The minimum Gasteiger partial charge on any atom is -0.309 e. The Labute approximate surface area is 113 Å². The lowest BCUT2D eigenvalue weighted by atomic mass is 10.2. The fraction of sp³-hybridized carbons (Fsp3) is 0.286. The summed E-state index contributed by atoms with van der Waals surface area (Å²) in [6, 6.07) is 5.71. The van der Waals surface area contributed by atoms with Crippen molar-refractivity contribution in [2.45, 2.75) is 26.6 Å². The lowest BCUT2D eigenvalue weighted by Gasteiger charge is -2.12. The van der Waals surface area contributed by atoms with Gasteiger partial charge in [-0.3, -0.25) is 9.78 Å². The van der Waals surface area contributed by atoms with E-state index >= 15 is 0 Å². The molecule has 0 aliphatic heterocycles. The van der Waals surface area contributed by atoms with Crippen molar-refractivity contribution >= 4 is 0 Å². The summed E-state index contributed by atoms with van der Waals surface area (Å²) < 4.78 is 39.2. The SMILES string of the molecule is Cc1cc(C)n(Cc2ccnc(C(F)(F)F)c2)c(=O)c1. The average molecular weight is 282 g/mol. The van der Waals surface area contributed by atoms with E-state index in [1.165, 1.54) is 16.7 Å². The number of halogens is 3. The Hall–Kier alpha value is -2.11. The topological polar surface area (TPSA) is 34.9 Å². The second kappa shape index (κ2) is 5.11. The van der Waals surface area contributed by atoms with Gasteiger partial charge in [-0.05, 0) is 43.2 Å². The Morgan fingerprint density at radius 3 is 2.50 bits per heavy atom. The highest BCUT2D eigenvalue weighted by atomic mass is 19.4. The second-order valence-corrected chi connectivity index (χ2v) is 4.65. The molecule has 0 aromatic carbocycles. The van der Waals surface area contributed by atoms with Crippen LogP contribution in [0.15, 0.2) is 35.3 Å². The van der Waals surface area contributed by atoms with Crippen molar-refractivity contribution in [2.75, 3.05) is 0 Å². The maximum atomic E-state index is 12.6. The summed E-state index contributed by atoms with van der Waals surface area (Å²) in [5.41, 5.74) is 0.747. The number of nitrogens with zero attached hydrogens (tertiary/aromatic N) is 2. The van der Waals surface area contributed by atoms with Crippen LogP contribution in [0.3, 0.4) is 0 Å². The molecule has 6 heteroatoms. The van der Waals surface area contributed by atoms with Gasteiger partial charge in [0.15, 0.2) is 0 Å². The lowest BCUT2D eigenvalue weighted by molar-refractivity contribution is -0.141. The number of pyridine rings is 2. The lowest BCUT2D eigenvalue weighted by Crippen LogP contribution is -2.22. The summed E-state index contributed by atoms with van der Waals surface area (Å²) in [5, 5.41) is 0. The molecule has 0 aliphatic carbocycles. The van der Waals surface area contributed by atoms with Gasteiger partial charge in [-0.2, -0.15) is 13.2 Å². The molecule has 2 aromatic rings. The molecule has 0 fully saturated rings. The third-order valence-electron chi connectivity index (χ3n) is 2.93. The van der Waals surface area contributed by atoms with Crippen LogP contribution >= 0.6 is 0 Å². The van der Waals surface area contributed by atoms with E-state index in [4.69, 9.17) is 0 Å². The summed E-state index contributed by atoms with van der Waals surface area (Å²) in [6.07, 6.45) is -3.38. The van der Waals surface area contributed by atoms with E-state index in [1.54, 1.807) is 13.8 Å². The van der Waals surface area contributed by atoms with Crippen LogP contribution in [0, 0.1) is 13.8 Å². The van der Waals surface area contributed by atoms with Gasteiger partial charge in [-0.25, -0.2) is 0 Å². The fourth-order valence-corrected chi connectivity index (χ4v) is 2.01. The quantitative estimate of drug-likeness (QED) is 0.849. The highest BCUT2D eigenvalue weighted by Gasteiger charge is 2.32. The van der Waals surface area contributed by atoms with E-state index in [2.05, 4.69) is 4.98 Å². The van der Waals surface area contributed by atoms with Crippen molar-refractivity contribution in [1.82, 2.24) is 9.55 Å². The molecule has 20 heavy (non-hydrogen) atoms. The van der Waals surface area contributed by atoms with Crippen molar-refractivity contribution in [3.63, 3.8) is 0 Å². The van der Waals surface area contributed by atoms with E-state index in [1.807, 2.05) is 6.07 Å². The van der Waals surface area contributed by atoms with Crippen molar-refractivity contribution in [3.8, 4) is 0 Å². The van der Waals surface area contributed by atoms with Crippen molar-refractivity contribution in [3.05, 3.63) is 63.3 Å². The van der Waals surface area contributed by atoms with Gasteiger partial charge >= 0.3 is 6.18 Å². The number of aryl methyl sites for hydroxylation is 2. The van der Waals surface area contributed by atoms with Gasteiger partial charge in [-0.15, -0.1) is 0 Å². The number of hydrogen-bond donors (Lipinski definition) is 0. The zero-order chi connectivity index (χ0) is 14.9. The maximum Gasteiger partial charge on any atom is 0.433 e. The molecule has 0 unspecified atom stereocenters. The van der Waals surface area contributed by atoms with Crippen LogP contribution in [0.25, 0.3) is 0 Å². The van der Waals surface area contributed by atoms with Crippen molar-refractivity contribution in [2.24, 2.45) is 0 Å². The minimum atomic E-state index is -4.48. The number of aromatic nitrogens is 2. The van der Waals surface area contributed by atoms with E-state index in [-0.39, 0.29) is 12.1 Å². The molecular formula is C14H13F3N2O. The minimum absolute atomic E-state index is 0.0938. The Bertz CT molecular complexity index is 690. The highest BCUT2D eigenvalue weighted by Crippen LogP contribution is 2.27. The molecule has 0 saturated heterocycles. The predicted molar refractivity (Wildman–Crippen MR) is 68.5 cm³/mol. The monoisotopic (exact) mass is 282 g/mol. The van der Waals surface area contributed by atoms with Crippen LogP contribution in [-0.2, 0) is 12.7 Å². The van der Waals surface area contributed by atoms with Crippen LogP contribution < -0.4 is 5.56 Å². The summed E-state index contributed by atoms with van der Waals surface area (Å²) in [4.78, 5) is 15.2. The first-order valence-corrected chi connectivity index (χ1v) is 5.97. The van der Waals surface area contributed by atoms with Gasteiger partial charge in [0, 0.05) is 18.0 Å². The largest absolute Gasteiger partial charge is 0.433 e. The molecule has 3 nitrogen and oxygen atoms in total. The number of alkyl halides is 3. The van der Waals surface area contributed by atoms with Gasteiger partial charge in [0.25, 0.3) is 5.56 Å². The van der Waals surface area contributed by atoms with Crippen LogP contribution in [0.2, 0.25) is 0 Å². The van der Waals surface area contributed by atoms with Gasteiger partial charge < -0.3 is 4.57 Å². The third kappa shape index (κ3) is 3.07. The maximum absolute atomic E-state index is 12.6. The first kappa shape index (κ1) is 14.3. The third-order valence-corrected chi connectivity index (χ3v) is 2.93. The molecule has 2 aromatic heterocycles. The average Bonchev–Trinajstić information content (AvgIpc) is 2.33. The Kier molecular flexibility index (Phi) is 3.65. The summed E-state index contributed by atoms with van der Waals surface area (Å²) in [5.74, 6) is 0. The predicted octanol–water partition coefficient (Wildman–Crippen LogP) is 2.93. The molecule has 106 valence electrons. The Morgan fingerprint density at radius 2 is 1.90 bits per heavy atom. The molecule has 0 bridgehead atoms. The first-order chi connectivity index (χ1) is 9.27. The molecule has 0 atom stereocenters. The van der Waals surface area contributed by atoms with Crippen LogP contribution in [0.4, 0.5) is 13.2 Å². The van der Waals surface area contributed by atoms with Gasteiger partial charge in [0.05, 0.1) is 6.54 Å². The van der Waals surface area contributed by atoms with Gasteiger partial charge in [-0.1, -0.05) is 0 Å². The zero-order valence-corrected chi connectivity index (χ0v) is 11.0. The highest BCUT2D eigenvalue weighted by molar-refractivity contribution is 5.21. The Morgan fingerprint density at radius 1 is 1.20 bits per heavy atom. The zero-order valence-electron chi connectivity index (χ0n) is 11.0. The van der Waals surface area contributed by atoms with Crippen LogP contribution in [-0.4, -0.2) is 9.55 Å². The van der Waals surface area contributed by atoms with Crippen molar-refractivity contribution in [1.29, 1.82) is 0 Å². The standard InChI is InChI=1S/C14H13F3N2O/c1-9-5-10(2)19(13(20)6-9)8-11-3-4-18-12(7-11)14(15,16)17/h3-7H,8H2,1-2H3. The van der Waals surface area contributed by atoms with Gasteiger partial charge in [0.1, 0.15) is 5.69 Å². The van der Waals surface area contributed by atoms with Crippen LogP contribution in [0.1, 0.15) is 22.5 Å². The normalized spacial score (nSPS) is 11.7. The molecule has 2 heterocycles. The summed E-state index contributed by atoms with van der Waals surface area (Å²) in [6.45, 7) is 3.64. The number of rotatable bonds is 2. The molecule has 0 radical (unpaired) electrons. The molecule has 0 saturated carbocycles.